The molecule has 0 heterocycles. The third-order valence-corrected chi connectivity index (χ3v) is 4.17. The number of rotatable bonds is 12. The van der Waals surface area contributed by atoms with Crippen LogP contribution in [0.1, 0.15) is 98.8 Å². The SMILES string of the molecule is CCCCC[C@@H](C)CCC[C@@H](C)CCCC(C)C. The zero-order valence-corrected chi connectivity index (χ0v) is 13.8. The van der Waals surface area contributed by atoms with E-state index in [1.165, 1.54) is 64.2 Å². The molecule has 110 valence electrons. The van der Waals surface area contributed by atoms with E-state index in [0.29, 0.717) is 0 Å². The second-order valence-electron chi connectivity index (χ2n) is 6.96. The van der Waals surface area contributed by atoms with Gasteiger partial charge in [-0.1, -0.05) is 98.8 Å². The Morgan fingerprint density at radius 2 is 1.00 bits per heavy atom. The monoisotopic (exact) mass is 254 g/mol. The van der Waals surface area contributed by atoms with E-state index < -0.39 is 0 Å². The van der Waals surface area contributed by atoms with E-state index in [-0.39, 0.29) is 0 Å². The molecule has 0 nitrogen and oxygen atoms in total. The van der Waals surface area contributed by atoms with Gasteiger partial charge in [0.2, 0.25) is 0 Å². The molecule has 0 unspecified atom stereocenters. The molecule has 0 saturated heterocycles. The van der Waals surface area contributed by atoms with Crippen LogP contribution in [0.15, 0.2) is 0 Å². The van der Waals surface area contributed by atoms with Crippen LogP contribution < -0.4 is 0 Å². The second kappa shape index (κ2) is 12.1. The summed E-state index contributed by atoms with van der Waals surface area (Å²) in [6, 6.07) is 0. The smallest absolute Gasteiger partial charge is 0.0443 e. The normalized spacial score (nSPS) is 15.0. The first-order chi connectivity index (χ1) is 8.56. The van der Waals surface area contributed by atoms with Crippen LogP contribution in [-0.2, 0) is 0 Å². The number of hydrogen-bond acceptors (Lipinski definition) is 0. The maximum absolute atomic E-state index is 2.45. The molecule has 18 heavy (non-hydrogen) atoms. The second-order valence-corrected chi connectivity index (χ2v) is 6.96. The summed E-state index contributed by atoms with van der Waals surface area (Å²) in [5.74, 6) is 2.79. The molecule has 0 fully saturated rings. The predicted molar refractivity (Wildman–Crippen MR) is 85.0 cm³/mol. The summed E-state index contributed by atoms with van der Waals surface area (Å²) in [6.07, 6.45) is 14.3. The quantitative estimate of drug-likeness (QED) is 0.335. The fourth-order valence-electron chi connectivity index (χ4n) is 2.72. The minimum Gasteiger partial charge on any atom is -0.0654 e. The summed E-state index contributed by atoms with van der Waals surface area (Å²) >= 11 is 0. The summed E-state index contributed by atoms with van der Waals surface area (Å²) in [5, 5.41) is 0. The lowest BCUT2D eigenvalue weighted by atomic mass is 9.92. The van der Waals surface area contributed by atoms with Crippen molar-refractivity contribution in [2.75, 3.05) is 0 Å². The third-order valence-electron chi connectivity index (χ3n) is 4.17. The van der Waals surface area contributed by atoms with Crippen molar-refractivity contribution in [1.29, 1.82) is 0 Å². The Hall–Kier alpha value is 0. The highest BCUT2D eigenvalue weighted by molar-refractivity contribution is 4.59. The Kier molecular flexibility index (Phi) is 12.1. The Labute approximate surface area is 117 Å². The fourth-order valence-corrected chi connectivity index (χ4v) is 2.72. The zero-order valence-electron chi connectivity index (χ0n) is 13.8. The molecule has 0 rings (SSSR count). The van der Waals surface area contributed by atoms with E-state index >= 15 is 0 Å². The van der Waals surface area contributed by atoms with Crippen molar-refractivity contribution in [3.05, 3.63) is 0 Å². The van der Waals surface area contributed by atoms with Gasteiger partial charge in [-0.3, -0.25) is 0 Å². The molecule has 0 amide bonds. The van der Waals surface area contributed by atoms with Gasteiger partial charge in [0.05, 0.1) is 0 Å². The average Bonchev–Trinajstić information content (AvgIpc) is 2.29. The van der Waals surface area contributed by atoms with Crippen LogP contribution in [0, 0.1) is 17.8 Å². The van der Waals surface area contributed by atoms with Gasteiger partial charge >= 0.3 is 0 Å². The molecule has 0 heteroatoms. The molecule has 0 aromatic carbocycles. The molecule has 0 spiro atoms. The van der Waals surface area contributed by atoms with Crippen molar-refractivity contribution in [2.45, 2.75) is 98.8 Å². The molecular formula is C18H38. The van der Waals surface area contributed by atoms with E-state index in [2.05, 4.69) is 34.6 Å². The van der Waals surface area contributed by atoms with E-state index in [0.717, 1.165) is 17.8 Å². The fraction of sp³-hybridized carbons (Fsp3) is 1.00. The first-order valence-corrected chi connectivity index (χ1v) is 8.56. The van der Waals surface area contributed by atoms with Gasteiger partial charge in [-0.25, -0.2) is 0 Å². The van der Waals surface area contributed by atoms with E-state index in [1.807, 2.05) is 0 Å². The van der Waals surface area contributed by atoms with Gasteiger partial charge in [-0.05, 0) is 17.8 Å². The zero-order chi connectivity index (χ0) is 13.8. The first kappa shape index (κ1) is 18.0. The molecular weight excluding hydrogens is 216 g/mol. The van der Waals surface area contributed by atoms with Crippen molar-refractivity contribution < 1.29 is 0 Å². The van der Waals surface area contributed by atoms with Gasteiger partial charge in [-0.15, -0.1) is 0 Å². The Balaban J connectivity index is 3.35. The highest BCUT2D eigenvalue weighted by atomic mass is 14.1. The summed E-state index contributed by atoms with van der Waals surface area (Å²) in [6.45, 7) is 11.9. The van der Waals surface area contributed by atoms with E-state index in [1.54, 1.807) is 0 Å². The third kappa shape index (κ3) is 12.5. The average molecular weight is 255 g/mol. The Morgan fingerprint density at radius 1 is 0.556 bits per heavy atom. The van der Waals surface area contributed by atoms with E-state index in [9.17, 15) is 0 Å². The summed E-state index contributed by atoms with van der Waals surface area (Å²) in [7, 11) is 0. The predicted octanol–water partition coefficient (Wildman–Crippen LogP) is 6.84. The van der Waals surface area contributed by atoms with Crippen molar-refractivity contribution in [2.24, 2.45) is 17.8 Å². The Bertz CT molecular complexity index is 159. The van der Waals surface area contributed by atoms with Gasteiger partial charge in [0.25, 0.3) is 0 Å². The van der Waals surface area contributed by atoms with Crippen LogP contribution in [0.3, 0.4) is 0 Å². The van der Waals surface area contributed by atoms with Crippen LogP contribution in [0.5, 0.6) is 0 Å². The molecule has 0 aromatic rings. The largest absolute Gasteiger partial charge is 0.0654 e. The first-order valence-electron chi connectivity index (χ1n) is 8.56. The lowest BCUT2D eigenvalue weighted by molar-refractivity contribution is 0.387. The maximum atomic E-state index is 2.45. The minimum absolute atomic E-state index is 0.885. The van der Waals surface area contributed by atoms with Crippen LogP contribution in [0.4, 0.5) is 0 Å². The van der Waals surface area contributed by atoms with Gasteiger partial charge in [0.15, 0.2) is 0 Å². The minimum atomic E-state index is 0.885. The molecule has 0 aliphatic carbocycles. The van der Waals surface area contributed by atoms with Crippen molar-refractivity contribution in [1.82, 2.24) is 0 Å². The Morgan fingerprint density at radius 3 is 1.44 bits per heavy atom. The molecule has 0 radical (unpaired) electrons. The summed E-state index contributed by atoms with van der Waals surface area (Å²) in [5.41, 5.74) is 0. The van der Waals surface area contributed by atoms with Crippen LogP contribution in [-0.4, -0.2) is 0 Å². The standard InChI is InChI=1S/C18H38/c1-6-7-8-12-17(4)14-10-15-18(5)13-9-11-16(2)3/h16-18H,6-15H2,1-5H3/t17-,18+/m1/s1. The highest BCUT2D eigenvalue weighted by Crippen LogP contribution is 2.21. The molecule has 0 N–H and O–H groups in total. The van der Waals surface area contributed by atoms with Crippen LogP contribution in [0.2, 0.25) is 0 Å². The van der Waals surface area contributed by atoms with Crippen molar-refractivity contribution in [3.63, 3.8) is 0 Å². The maximum Gasteiger partial charge on any atom is -0.0443 e. The summed E-state index contributed by atoms with van der Waals surface area (Å²) < 4.78 is 0. The molecule has 0 saturated carbocycles. The van der Waals surface area contributed by atoms with Crippen molar-refractivity contribution in [3.8, 4) is 0 Å². The highest BCUT2D eigenvalue weighted by Gasteiger charge is 2.06. The molecule has 0 bridgehead atoms. The molecule has 0 aliphatic rings. The van der Waals surface area contributed by atoms with Gasteiger partial charge in [0, 0.05) is 0 Å². The lowest BCUT2D eigenvalue weighted by Crippen LogP contribution is -2.00. The van der Waals surface area contributed by atoms with Crippen LogP contribution >= 0.6 is 0 Å². The molecule has 0 aliphatic heterocycles. The number of unbranched alkanes of at least 4 members (excludes halogenated alkanes) is 2. The van der Waals surface area contributed by atoms with Gasteiger partial charge < -0.3 is 0 Å². The van der Waals surface area contributed by atoms with Crippen LogP contribution in [0.25, 0.3) is 0 Å². The summed E-state index contributed by atoms with van der Waals surface area (Å²) in [4.78, 5) is 0. The van der Waals surface area contributed by atoms with Gasteiger partial charge in [-0.2, -0.15) is 0 Å². The molecule has 0 aromatic heterocycles. The van der Waals surface area contributed by atoms with E-state index in [4.69, 9.17) is 0 Å². The topological polar surface area (TPSA) is 0 Å². The number of hydrogen-bond donors (Lipinski definition) is 0. The van der Waals surface area contributed by atoms with Crippen molar-refractivity contribution >= 4 is 0 Å². The lowest BCUT2D eigenvalue weighted by Gasteiger charge is -2.14. The molecule has 2 atom stereocenters. The van der Waals surface area contributed by atoms with Gasteiger partial charge in [0.1, 0.15) is 0 Å².